The second kappa shape index (κ2) is 6.30. The van der Waals surface area contributed by atoms with Crippen LogP contribution in [0.25, 0.3) is 27.4 Å². The molecule has 6 nitrogen and oxygen atoms in total. The van der Waals surface area contributed by atoms with Gasteiger partial charge in [-0.05, 0) is 49.4 Å². The molecule has 6 N–H and O–H groups in total. The monoisotopic (exact) mass is 388 g/mol. The van der Waals surface area contributed by atoms with Crippen molar-refractivity contribution in [1.82, 2.24) is 15.2 Å². The van der Waals surface area contributed by atoms with Gasteiger partial charge in [-0.15, -0.1) is 0 Å². The van der Waals surface area contributed by atoms with Crippen LogP contribution in [0.15, 0.2) is 17.8 Å². The molecule has 0 saturated carbocycles. The fraction of sp³-hybridized carbons (Fsp3) is 0.316. The lowest BCUT2D eigenvalue weighted by atomic mass is 9.83. The van der Waals surface area contributed by atoms with Gasteiger partial charge < -0.3 is 16.9 Å². The molecule has 1 aliphatic rings. The molecular formula is C19H19F3N6. The van der Waals surface area contributed by atoms with Crippen molar-refractivity contribution in [2.24, 2.45) is 11.5 Å². The number of pyridine rings is 1. The van der Waals surface area contributed by atoms with Crippen LogP contribution in [0.1, 0.15) is 28.9 Å². The van der Waals surface area contributed by atoms with Gasteiger partial charge in [0.15, 0.2) is 0 Å². The lowest BCUT2D eigenvalue weighted by Crippen LogP contribution is -2.30. The number of hydrogen-bond acceptors (Lipinski definition) is 5. The maximum Gasteiger partial charge on any atom is 0.431 e. The Kier molecular flexibility index (Phi) is 4.15. The van der Waals surface area contributed by atoms with E-state index in [4.69, 9.17) is 16.9 Å². The molecule has 0 amide bonds. The highest BCUT2D eigenvalue weighted by atomic mass is 19.4. The summed E-state index contributed by atoms with van der Waals surface area (Å²) in [6.45, 7) is 1.90. The molecule has 3 aromatic rings. The van der Waals surface area contributed by atoms with Gasteiger partial charge in [0, 0.05) is 34.3 Å². The van der Waals surface area contributed by atoms with E-state index in [1.165, 1.54) is 0 Å². The van der Waals surface area contributed by atoms with Gasteiger partial charge >= 0.3 is 6.18 Å². The third kappa shape index (κ3) is 2.73. The number of alkyl halides is 3. The van der Waals surface area contributed by atoms with E-state index >= 15 is 0 Å². The Labute approximate surface area is 158 Å². The largest absolute Gasteiger partial charge is 0.431 e. The van der Waals surface area contributed by atoms with Crippen molar-refractivity contribution in [1.29, 1.82) is 5.41 Å². The van der Waals surface area contributed by atoms with Gasteiger partial charge in [0.1, 0.15) is 5.70 Å². The summed E-state index contributed by atoms with van der Waals surface area (Å²) in [4.78, 5) is 4.51. The summed E-state index contributed by atoms with van der Waals surface area (Å²) in [7, 11) is 0. The number of nitrogens with two attached hydrogens (primary N) is 2. The molecular weight excluding hydrogens is 369 g/mol. The number of allylic oxidation sites excluding steroid dienone is 2. The molecule has 1 aromatic carbocycles. The topological polar surface area (TPSA) is 117 Å². The number of fused-ring (bicyclic) bond motifs is 5. The number of nitrogens with one attached hydrogen (secondary N) is 2. The molecule has 0 radical (unpaired) electrons. The third-order valence-corrected chi connectivity index (χ3v) is 5.29. The van der Waals surface area contributed by atoms with Gasteiger partial charge in [0.25, 0.3) is 0 Å². The molecule has 0 bridgehead atoms. The zero-order valence-electron chi connectivity index (χ0n) is 15.1. The van der Waals surface area contributed by atoms with Crippen LogP contribution in [0.5, 0.6) is 0 Å². The molecule has 146 valence electrons. The van der Waals surface area contributed by atoms with E-state index in [2.05, 4.69) is 15.2 Å². The number of aromatic nitrogens is 3. The molecule has 0 spiro atoms. The smallest absolute Gasteiger partial charge is 0.394 e. The van der Waals surface area contributed by atoms with Crippen molar-refractivity contribution >= 4 is 33.6 Å². The second-order valence-electron chi connectivity index (χ2n) is 7.09. The molecule has 0 fully saturated rings. The van der Waals surface area contributed by atoms with Crippen LogP contribution in [-0.2, 0) is 12.8 Å². The summed E-state index contributed by atoms with van der Waals surface area (Å²) in [5.41, 5.74) is 13.5. The van der Waals surface area contributed by atoms with Crippen molar-refractivity contribution in [3.05, 3.63) is 40.3 Å². The summed E-state index contributed by atoms with van der Waals surface area (Å²) in [5, 5.41) is 16.6. The molecule has 1 atom stereocenters. The highest BCUT2D eigenvalue weighted by Gasteiger charge is 2.36. The number of hydrogen-bond donors (Lipinski definition) is 4. The maximum absolute atomic E-state index is 13.3. The third-order valence-electron chi connectivity index (χ3n) is 5.29. The van der Waals surface area contributed by atoms with E-state index in [1.54, 1.807) is 12.1 Å². The number of aryl methyl sites for hydroxylation is 2. The summed E-state index contributed by atoms with van der Waals surface area (Å²) < 4.78 is 39.8. The van der Waals surface area contributed by atoms with E-state index < -0.39 is 17.4 Å². The normalized spacial score (nSPS) is 18.2. The highest BCUT2D eigenvalue weighted by Crippen LogP contribution is 2.38. The van der Waals surface area contributed by atoms with Crippen LogP contribution in [0.3, 0.4) is 0 Å². The van der Waals surface area contributed by atoms with Crippen molar-refractivity contribution in [2.75, 3.05) is 0 Å². The molecule has 1 unspecified atom stereocenters. The minimum absolute atomic E-state index is 0.0861. The quantitative estimate of drug-likeness (QED) is 0.505. The van der Waals surface area contributed by atoms with Gasteiger partial charge in [-0.2, -0.15) is 18.3 Å². The van der Waals surface area contributed by atoms with E-state index in [0.29, 0.717) is 30.1 Å². The Balaban J connectivity index is 2.14. The highest BCUT2D eigenvalue weighted by molar-refractivity contribution is 6.13. The Morgan fingerprint density at radius 3 is 2.64 bits per heavy atom. The van der Waals surface area contributed by atoms with Gasteiger partial charge in [0.05, 0.1) is 16.7 Å². The Bertz CT molecular complexity index is 1140. The average Bonchev–Trinajstić information content (AvgIpc) is 3.02. The summed E-state index contributed by atoms with van der Waals surface area (Å²) in [5.74, 6) is 0. The van der Waals surface area contributed by atoms with Gasteiger partial charge in [-0.1, -0.05) is 0 Å². The minimum atomic E-state index is -4.75. The van der Waals surface area contributed by atoms with Crippen LogP contribution >= 0.6 is 0 Å². The number of aromatic amines is 1. The Hall–Kier alpha value is -2.94. The lowest BCUT2D eigenvalue weighted by molar-refractivity contribution is -0.0919. The van der Waals surface area contributed by atoms with Crippen molar-refractivity contribution in [3.8, 4) is 0 Å². The van der Waals surface area contributed by atoms with Gasteiger partial charge in [0.2, 0.25) is 0 Å². The van der Waals surface area contributed by atoms with Crippen molar-refractivity contribution in [3.63, 3.8) is 0 Å². The zero-order valence-corrected chi connectivity index (χ0v) is 15.1. The molecule has 28 heavy (non-hydrogen) atoms. The van der Waals surface area contributed by atoms with Crippen LogP contribution in [0.4, 0.5) is 13.2 Å². The predicted molar refractivity (Wildman–Crippen MR) is 102 cm³/mol. The van der Waals surface area contributed by atoms with Crippen LogP contribution in [-0.4, -0.2) is 33.6 Å². The van der Waals surface area contributed by atoms with Crippen LogP contribution in [0, 0.1) is 12.3 Å². The van der Waals surface area contributed by atoms with Gasteiger partial charge in [-0.3, -0.25) is 5.10 Å². The first-order valence-electron chi connectivity index (χ1n) is 8.85. The summed E-state index contributed by atoms with van der Waals surface area (Å²) in [6, 6.07) is 3.33. The van der Waals surface area contributed by atoms with Gasteiger partial charge in [-0.25, -0.2) is 4.98 Å². The first kappa shape index (κ1) is 18.4. The molecule has 0 aliphatic heterocycles. The van der Waals surface area contributed by atoms with E-state index in [9.17, 15) is 13.2 Å². The Morgan fingerprint density at radius 2 is 1.96 bits per heavy atom. The minimum Gasteiger partial charge on any atom is -0.394 e. The lowest BCUT2D eigenvalue weighted by Gasteiger charge is -2.26. The second-order valence-corrected chi connectivity index (χ2v) is 7.09. The number of benzene rings is 1. The molecule has 0 saturated heterocycles. The van der Waals surface area contributed by atoms with E-state index in [0.717, 1.165) is 34.0 Å². The molecule has 1 aliphatic carbocycles. The Morgan fingerprint density at radius 1 is 1.25 bits per heavy atom. The van der Waals surface area contributed by atoms with E-state index in [-0.39, 0.29) is 11.7 Å². The van der Waals surface area contributed by atoms with Crippen molar-refractivity contribution in [2.45, 2.75) is 38.4 Å². The van der Waals surface area contributed by atoms with Crippen molar-refractivity contribution < 1.29 is 13.2 Å². The first-order valence-corrected chi connectivity index (χ1v) is 8.85. The zero-order chi connectivity index (χ0) is 20.2. The standard InChI is InChI=1S/C19H19F3N6/c1-8-15-14(28-27-8)5-4-13-16(15)10-3-2-9(24)6-11(10)17(26-13)12(7-23)18(25)19(20,21)22/h4-5,7,9,23H,2-3,6,24-25H2,1H3,(H,27,28). The first-order chi connectivity index (χ1) is 13.2. The number of H-pyrrole nitrogens is 1. The maximum atomic E-state index is 13.3. The number of nitrogens with zero attached hydrogens (tertiary/aromatic N) is 2. The number of halogens is 3. The summed E-state index contributed by atoms with van der Waals surface area (Å²) >= 11 is 0. The van der Waals surface area contributed by atoms with E-state index in [1.807, 2.05) is 6.92 Å². The SMILES string of the molecule is Cc1[nH]nc2ccc3nc(C(C=N)=C(N)C(F)(F)F)c4c(c3c12)CCC(N)C4. The fourth-order valence-corrected chi connectivity index (χ4v) is 3.97. The van der Waals surface area contributed by atoms with Crippen LogP contribution < -0.4 is 11.5 Å². The predicted octanol–water partition coefficient (Wildman–Crippen LogP) is 3.12. The molecule has 2 heterocycles. The fourth-order valence-electron chi connectivity index (χ4n) is 3.97. The van der Waals surface area contributed by atoms with Crippen LogP contribution in [0.2, 0.25) is 0 Å². The summed E-state index contributed by atoms with van der Waals surface area (Å²) in [6.07, 6.45) is -2.42. The molecule has 9 heteroatoms. The molecule has 4 rings (SSSR count). The average molecular weight is 388 g/mol. The molecule has 2 aromatic heterocycles. The number of rotatable bonds is 2.